The number of urea groups is 1. The van der Waals surface area contributed by atoms with E-state index in [1.54, 1.807) is 11.0 Å². The van der Waals surface area contributed by atoms with Gasteiger partial charge in [0.25, 0.3) is 0 Å². The lowest BCUT2D eigenvalue weighted by atomic mass is 9.93. The summed E-state index contributed by atoms with van der Waals surface area (Å²) in [6.07, 6.45) is 5.40. The van der Waals surface area contributed by atoms with E-state index in [0.29, 0.717) is 18.3 Å². The first kappa shape index (κ1) is 17.3. The maximum Gasteiger partial charge on any atom is 0.317 e. The van der Waals surface area contributed by atoms with Crippen molar-refractivity contribution in [2.45, 2.75) is 25.3 Å². The largest absolute Gasteiger partial charge is 0.331 e. The molecule has 8 heteroatoms. The van der Waals surface area contributed by atoms with Crippen LogP contribution in [0.3, 0.4) is 0 Å². The maximum atomic E-state index is 12.4. The summed E-state index contributed by atoms with van der Waals surface area (Å²) in [6, 6.07) is 11.8. The van der Waals surface area contributed by atoms with Crippen LogP contribution in [0.25, 0.3) is 5.69 Å². The first-order chi connectivity index (χ1) is 13.2. The Kier molecular flexibility index (Phi) is 4.86. The SMILES string of the molecule is Cn1nccc1C1CCN(C(=O)NCc2ncn(-c3ccccc3)n2)CC1. The number of rotatable bonds is 4. The van der Waals surface area contributed by atoms with Gasteiger partial charge in [0.15, 0.2) is 5.82 Å². The van der Waals surface area contributed by atoms with Gasteiger partial charge in [0.05, 0.1) is 12.2 Å². The number of aromatic nitrogens is 5. The molecule has 1 fully saturated rings. The van der Waals surface area contributed by atoms with Crippen molar-refractivity contribution >= 4 is 6.03 Å². The minimum atomic E-state index is -0.0606. The second-order valence-electron chi connectivity index (χ2n) is 6.74. The van der Waals surface area contributed by atoms with Crippen molar-refractivity contribution in [2.24, 2.45) is 7.05 Å². The van der Waals surface area contributed by atoms with E-state index < -0.39 is 0 Å². The van der Waals surface area contributed by atoms with E-state index >= 15 is 0 Å². The van der Waals surface area contributed by atoms with Crippen molar-refractivity contribution in [3.8, 4) is 5.69 Å². The molecule has 1 N–H and O–H groups in total. The standard InChI is InChI=1S/C19H23N7O/c1-24-17(7-10-22-24)15-8-11-25(12-9-15)19(27)20-13-18-21-14-26(23-18)16-5-3-2-4-6-16/h2-7,10,14-15H,8-9,11-13H2,1H3,(H,20,27). The summed E-state index contributed by atoms with van der Waals surface area (Å²) in [7, 11) is 1.97. The molecule has 0 spiro atoms. The number of hydrogen-bond acceptors (Lipinski definition) is 4. The molecule has 0 saturated carbocycles. The van der Waals surface area contributed by atoms with Crippen molar-refractivity contribution in [1.29, 1.82) is 0 Å². The molecule has 8 nitrogen and oxygen atoms in total. The molecule has 0 radical (unpaired) electrons. The third-order valence-electron chi connectivity index (χ3n) is 5.02. The summed E-state index contributed by atoms with van der Waals surface area (Å²) in [5, 5.41) is 11.6. The number of carbonyl (C=O) groups is 1. The Bertz CT molecular complexity index is 894. The zero-order valence-corrected chi connectivity index (χ0v) is 15.3. The highest BCUT2D eigenvalue weighted by molar-refractivity contribution is 5.74. The Morgan fingerprint density at radius 1 is 1.19 bits per heavy atom. The molecule has 0 unspecified atom stereocenters. The molecule has 1 aliphatic heterocycles. The minimum Gasteiger partial charge on any atom is -0.331 e. The molecule has 0 aliphatic carbocycles. The van der Waals surface area contributed by atoms with Crippen molar-refractivity contribution in [2.75, 3.05) is 13.1 Å². The van der Waals surface area contributed by atoms with E-state index in [2.05, 4.69) is 26.6 Å². The number of carbonyl (C=O) groups excluding carboxylic acids is 1. The van der Waals surface area contributed by atoms with Crippen molar-refractivity contribution in [3.05, 3.63) is 60.4 Å². The Balaban J connectivity index is 1.28. The van der Waals surface area contributed by atoms with Gasteiger partial charge < -0.3 is 10.2 Å². The molecule has 1 aliphatic rings. The predicted molar refractivity (Wildman–Crippen MR) is 100 cm³/mol. The van der Waals surface area contributed by atoms with Gasteiger partial charge in [0, 0.05) is 37.9 Å². The number of piperidine rings is 1. The zero-order chi connectivity index (χ0) is 18.6. The molecule has 3 heterocycles. The van der Waals surface area contributed by atoms with Gasteiger partial charge in [0.1, 0.15) is 6.33 Å². The van der Waals surface area contributed by atoms with Crippen LogP contribution in [0.5, 0.6) is 0 Å². The highest BCUT2D eigenvalue weighted by Crippen LogP contribution is 2.27. The van der Waals surface area contributed by atoms with Crippen molar-refractivity contribution < 1.29 is 4.79 Å². The van der Waals surface area contributed by atoms with E-state index in [-0.39, 0.29) is 6.03 Å². The molecule has 27 heavy (non-hydrogen) atoms. The van der Waals surface area contributed by atoms with Crippen LogP contribution in [-0.4, -0.2) is 48.6 Å². The van der Waals surface area contributed by atoms with Gasteiger partial charge in [0.2, 0.25) is 0 Å². The summed E-state index contributed by atoms with van der Waals surface area (Å²) >= 11 is 0. The number of likely N-dealkylation sites (tertiary alicyclic amines) is 1. The number of nitrogens with zero attached hydrogens (tertiary/aromatic N) is 6. The van der Waals surface area contributed by atoms with Crippen molar-refractivity contribution in [1.82, 2.24) is 34.8 Å². The van der Waals surface area contributed by atoms with Gasteiger partial charge in [-0.25, -0.2) is 14.5 Å². The minimum absolute atomic E-state index is 0.0606. The topological polar surface area (TPSA) is 80.9 Å². The smallest absolute Gasteiger partial charge is 0.317 e. The normalized spacial score (nSPS) is 15.1. The van der Waals surface area contributed by atoms with Crippen LogP contribution in [0, 0.1) is 0 Å². The molecule has 3 aromatic rings. The molecule has 2 aromatic heterocycles. The van der Waals surface area contributed by atoms with Crippen LogP contribution >= 0.6 is 0 Å². The molecule has 0 atom stereocenters. The van der Waals surface area contributed by atoms with Crippen molar-refractivity contribution in [3.63, 3.8) is 0 Å². The number of para-hydroxylation sites is 1. The highest BCUT2D eigenvalue weighted by Gasteiger charge is 2.25. The average molecular weight is 365 g/mol. The third kappa shape index (κ3) is 3.84. The second kappa shape index (κ2) is 7.61. The van der Waals surface area contributed by atoms with Crippen LogP contribution in [-0.2, 0) is 13.6 Å². The quantitative estimate of drug-likeness (QED) is 0.768. The fourth-order valence-corrected chi connectivity index (χ4v) is 3.51. The molecule has 1 aromatic carbocycles. The number of benzene rings is 1. The summed E-state index contributed by atoms with van der Waals surface area (Å²) in [5.74, 6) is 1.06. The van der Waals surface area contributed by atoms with Crippen LogP contribution in [0.1, 0.15) is 30.3 Å². The van der Waals surface area contributed by atoms with E-state index in [0.717, 1.165) is 31.6 Å². The van der Waals surface area contributed by atoms with Gasteiger partial charge in [-0.3, -0.25) is 4.68 Å². The molecule has 0 bridgehead atoms. The number of aryl methyl sites for hydroxylation is 1. The van der Waals surface area contributed by atoms with E-state index in [1.807, 2.05) is 53.2 Å². The Hall–Kier alpha value is -3.16. The second-order valence-corrected chi connectivity index (χ2v) is 6.74. The Morgan fingerprint density at radius 2 is 1.96 bits per heavy atom. The molecule has 1 saturated heterocycles. The Morgan fingerprint density at radius 3 is 2.67 bits per heavy atom. The van der Waals surface area contributed by atoms with Gasteiger partial charge in [-0.15, -0.1) is 5.10 Å². The van der Waals surface area contributed by atoms with Crippen LogP contribution in [0.2, 0.25) is 0 Å². The summed E-state index contributed by atoms with van der Waals surface area (Å²) < 4.78 is 3.63. The lowest BCUT2D eigenvalue weighted by molar-refractivity contribution is 0.179. The van der Waals surface area contributed by atoms with Gasteiger partial charge in [-0.2, -0.15) is 5.10 Å². The molecule has 2 amide bonds. The first-order valence-electron chi connectivity index (χ1n) is 9.17. The van der Waals surface area contributed by atoms with E-state index in [9.17, 15) is 4.79 Å². The average Bonchev–Trinajstić information content (AvgIpc) is 3.36. The van der Waals surface area contributed by atoms with Crippen LogP contribution in [0.15, 0.2) is 48.9 Å². The molecular formula is C19H23N7O. The van der Waals surface area contributed by atoms with Crippen LogP contribution < -0.4 is 5.32 Å². The molecule has 4 rings (SSSR count). The monoisotopic (exact) mass is 365 g/mol. The third-order valence-corrected chi connectivity index (χ3v) is 5.02. The van der Waals surface area contributed by atoms with Crippen LogP contribution in [0.4, 0.5) is 4.79 Å². The zero-order valence-electron chi connectivity index (χ0n) is 15.3. The Labute approximate surface area is 157 Å². The molecule has 140 valence electrons. The summed E-state index contributed by atoms with van der Waals surface area (Å²) in [6.45, 7) is 1.81. The van der Waals surface area contributed by atoms with Gasteiger partial charge >= 0.3 is 6.03 Å². The number of amides is 2. The lowest BCUT2D eigenvalue weighted by Crippen LogP contribution is -2.44. The highest BCUT2D eigenvalue weighted by atomic mass is 16.2. The van der Waals surface area contributed by atoms with Gasteiger partial charge in [-0.05, 0) is 31.0 Å². The van der Waals surface area contributed by atoms with E-state index in [1.165, 1.54) is 5.69 Å². The van der Waals surface area contributed by atoms with Gasteiger partial charge in [-0.1, -0.05) is 18.2 Å². The maximum absolute atomic E-state index is 12.4. The lowest BCUT2D eigenvalue weighted by Gasteiger charge is -2.31. The fraction of sp³-hybridized carbons (Fsp3) is 0.368. The summed E-state index contributed by atoms with van der Waals surface area (Å²) in [4.78, 5) is 18.6. The fourth-order valence-electron chi connectivity index (χ4n) is 3.51. The first-order valence-corrected chi connectivity index (χ1v) is 9.17. The summed E-state index contributed by atoms with van der Waals surface area (Å²) in [5.41, 5.74) is 2.19. The number of hydrogen-bond donors (Lipinski definition) is 1. The molecular weight excluding hydrogens is 342 g/mol. The predicted octanol–water partition coefficient (Wildman–Crippen LogP) is 2.09. The van der Waals surface area contributed by atoms with E-state index in [4.69, 9.17) is 0 Å². The number of nitrogens with one attached hydrogen (secondary N) is 1.